The first kappa shape index (κ1) is 11.9. The molecule has 90 valence electrons. The Kier molecular flexibility index (Phi) is 3.71. The Morgan fingerprint density at radius 3 is 1.28 bits per heavy atom. The first-order valence-electron chi connectivity index (χ1n) is 5.48. The number of hydrogen-bond acceptors (Lipinski definition) is 2. The van der Waals surface area contributed by atoms with E-state index < -0.39 is 0 Å². The van der Waals surface area contributed by atoms with Crippen LogP contribution < -0.4 is 0 Å². The lowest BCUT2D eigenvalue weighted by molar-refractivity contribution is -1.05. The fourth-order valence-electron chi connectivity index (χ4n) is 1.45. The third-order valence-electron chi connectivity index (χ3n) is 2.31. The van der Waals surface area contributed by atoms with Crippen LogP contribution in [0.4, 0.5) is 0 Å². The molecule has 4 nitrogen and oxygen atoms in total. The normalized spacial score (nSPS) is 12.4. The second-order valence-corrected chi connectivity index (χ2v) is 3.68. The van der Waals surface area contributed by atoms with E-state index in [-0.39, 0.29) is 9.70 Å². The fraction of sp³-hybridized carbons (Fsp3) is 0. The number of hydrogen-bond donors (Lipinski definition) is 0. The van der Waals surface area contributed by atoms with Gasteiger partial charge in [-0.1, -0.05) is 36.4 Å². The van der Waals surface area contributed by atoms with E-state index in [1.807, 2.05) is 12.1 Å². The average Bonchev–Trinajstić information content (AvgIpc) is 2.41. The topological polar surface area (TPSA) is 52.1 Å². The quantitative estimate of drug-likeness (QED) is 0.357. The van der Waals surface area contributed by atoms with Crippen molar-refractivity contribution < 1.29 is 9.70 Å². The number of hydrazone groups is 2. The van der Waals surface area contributed by atoms with Gasteiger partial charge in [0.05, 0.1) is 9.70 Å². The highest BCUT2D eigenvalue weighted by molar-refractivity contribution is 5.76. The summed E-state index contributed by atoms with van der Waals surface area (Å²) in [5, 5.41) is 23.1. The number of benzene rings is 2. The molecule has 0 aliphatic carbocycles. The molecule has 0 aliphatic rings. The molecule has 0 aromatic heterocycles. The summed E-state index contributed by atoms with van der Waals surface area (Å²) in [4.78, 5) is 0.505. The van der Waals surface area contributed by atoms with Crippen molar-refractivity contribution in [3.63, 3.8) is 0 Å². The van der Waals surface area contributed by atoms with Crippen LogP contribution in [-0.4, -0.2) is 22.1 Å². The predicted octanol–water partition coefficient (Wildman–Crippen LogP) is 2.16. The first-order valence-corrected chi connectivity index (χ1v) is 5.48. The Labute approximate surface area is 105 Å². The molecule has 0 atom stereocenters. The summed E-state index contributed by atoms with van der Waals surface area (Å²) in [6.07, 6.45) is 2.46. The van der Waals surface area contributed by atoms with E-state index in [0.29, 0.717) is 11.1 Å². The Morgan fingerprint density at radius 1 is 0.611 bits per heavy atom. The highest BCUT2D eigenvalue weighted by atomic mass is 16.7. The van der Waals surface area contributed by atoms with E-state index in [1.54, 1.807) is 48.5 Å². The number of hydrazine groups is 1. The Balaban J connectivity index is 2.21. The van der Waals surface area contributed by atoms with Crippen LogP contribution in [0.25, 0.3) is 0 Å². The molecule has 0 fully saturated rings. The standard InChI is InChI=1S/C14H12N2O2/c17-15(11-13-7-3-1-4-8-13)16(18)12-14-9-5-2-6-10-14/h1-12H/b15-11-,16-12+. The van der Waals surface area contributed by atoms with Crippen LogP contribution in [0.5, 0.6) is 0 Å². The van der Waals surface area contributed by atoms with E-state index in [9.17, 15) is 10.4 Å². The zero-order valence-electron chi connectivity index (χ0n) is 9.64. The van der Waals surface area contributed by atoms with Crippen molar-refractivity contribution in [1.29, 1.82) is 0 Å². The molecule has 2 aromatic carbocycles. The summed E-state index contributed by atoms with van der Waals surface area (Å²) in [7, 11) is 0. The van der Waals surface area contributed by atoms with Crippen LogP contribution in [-0.2, 0) is 0 Å². The van der Waals surface area contributed by atoms with Crippen molar-refractivity contribution in [3.05, 3.63) is 82.2 Å². The fourth-order valence-corrected chi connectivity index (χ4v) is 1.45. The van der Waals surface area contributed by atoms with Crippen molar-refractivity contribution in [2.24, 2.45) is 0 Å². The lowest BCUT2D eigenvalue weighted by Gasteiger charge is -1.99. The van der Waals surface area contributed by atoms with Crippen LogP contribution in [0.15, 0.2) is 60.7 Å². The summed E-state index contributed by atoms with van der Waals surface area (Å²) < 4.78 is 0. The summed E-state index contributed by atoms with van der Waals surface area (Å²) in [6, 6.07) is 17.9. The molecule has 0 radical (unpaired) electrons. The Morgan fingerprint density at radius 2 is 0.944 bits per heavy atom. The summed E-state index contributed by atoms with van der Waals surface area (Å²) in [5.74, 6) is 0. The second kappa shape index (κ2) is 5.63. The lowest BCUT2D eigenvalue weighted by Crippen LogP contribution is -2.18. The maximum atomic E-state index is 11.6. The van der Waals surface area contributed by atoms with Crippen molar-refractivity contribution >= 4 is 12.4 Å². The molecule has 0 saturated carbocycles. The van der Waals surface area contributed by atoms with E-state index in [1.165, 1.54) is 12.4 Å². The zero-order valence-corrected chi connectivity index (χ0v) is 9.64. The van der Waals surface area contributed by atoms with Crippen LogP contribution in [0, 0.1) is 10.4 Å². The Hall–Kier alpha value is -2.62. The van der Waals surface area contributed by atoms with Gasteiger partial charge in [0.1, 0.15) is 0 Å². The van der Waals surface area contributed by atoms with Gasteiger partial charge >= 0.3 is 0 Å². The zero-order chi connectivity index (χ0) is 12.8. The second-order valence-electron chi connectivity index (χ2n) is 3.68. The van der Waals surface area contributed by atoms with E-state index in [0.717, 1.165) is 0 Å². The average molecular weight is 240 g/mol. The number of nitrogens with zero attached hydrogens (tertiary/aromatic N) is 2. The maximum absolute atomic E-state index is 11.6. The van der Waals surface area contributed by atoms with Crippen LogP contribution >= 0.6 is 0 Å². The van der Waals surface area contributed by atoms with Gasteiger partial charge in [-0.05, 0) is 24.3 Å². The molecule has 2 rings (SSSR count). The minimum atomic E-state index is 0.252. The molecule has 2 aromatic rings. The van der Waals surface area contributed by atoms with Crippen LogP contribution in [0.3, 0.4) is 0 Å². The van der Waals surface area contributed by atoms with E-state index in [4.69, 9.17) is 0 Å². The van der Waals surface area contributed by atoms with E-state index in [2.05, 4.69) is 0 Å². The minimum Gasteiger partial charge on any atom is -0.561 e. The lowest BCUT2D eigenvalue weighted by atomic mass is 10.2. The van der Waals surface area contributed by atoms with Crippen molar-refractivity contribution in [1.82, 2.24) is 0 Å². The smallest absolute Gasteiger partial charge is 0.260 e. The van der Waals surface area contributed by atoms with Gasteiger partial charge in [-0.15, -0.1) is 0 Å². The van der Waals surface area contributed by atoms with E-state index >= 15 is 0 Å². The molecule has 0 heterocycles. The predicted molar refractivity (Wildman–Crippen MR) is 70.5 cm³/mol. The number of rotatable bonds is 3. The molecule has 0 amide bonds. The molecule has 0 N–H and O–H groups in total. The Bertz CT molecular complexity index is 509. The highest BCUT2D eigenvalue weighted by Gasteiger charge is 2.03. The molecule has 0 bridgehead atoms. The third-order valence-corrected chi connectivity index (χ3v) is 2.31. The monoisotopic (exact) mass is 240 g/mol. The van der Waals surface area contributed by atoms with Crippen molar-refractivity contribution in [2.45, 2.75) is 0 Å². The van der Waals surface area contributed by atoms with Gasteiger partial charge in [-0.2, -0.15) is 0 Å². The molecular weight excluding hydrogens is 228 g/mol. The van der Waals surface area contributed by atoms with Crippen molar-refractivity contribution in [3.8, 4) is 0 Å². The molecular formula is C14H12N2O2. The van der Waals surface area contributed by atoms with Gasteiger partial charge in [0.25, 0.3) is 12.4 Å². The SMILES string of the molecule is [O-][N+](=C\c1ccccc1)/[N+]([O-])=C\c1ccccc1. The molecule has 0 spiro atoms. The largest absolute Gasteiger partial charge is 0.561 e. The van der Waals surface area contributed by atoms with Gasteiger partial charge in [0, 0.05) is 11.1 Å². The van der Waals surface area contributed by atoms with Gasteiger partial charge in [0.15, 0.2) is 0 Å². The third kappa shape index (κ3) is 3.18. The van der Waals surface area contributed by atoms with Gasteiger partial charge in [0.2, 0.25) is 0 Å². The maximum Gasteiger partial charge on any atom is 0.260 e. The summed E-state index contributed by atoms with van der Waals surface area (Å²) >= 11 is 0. The molecule has 4 heteroatoms. The summed E-state index contributed by atoms with van der Waals surface area (Å²) in [5.41, 5.74) is 1.35. The van der Waals surface area contributed by atoms with Crippen LogP contribution in [0.2, 0.25) is 0 Å². The summed E-state index contributed by atoms with van der Waals surface area (Å²) in [6.45, 7) is 0. The van der Waals surface area contributed by atoms with Gasteiger partial charge in [-0.3, -0.25) is 0 Å². The van der Waals surface area contributed by atoms with Crippen LogP contribution in [0.1, 0.15) is 11.1 Å². The molecule has 0 aliphatic heterocycles. The minimum absolute atomic E-state index is 0.252. The molecule has 0 saturated heterocycles. The van der Waals surface area contributed by atoms with Gasteiger partial charge in [-0.25, -0.2) is 0 Å². The first-order chi connectivity index (χ1) is 8.75. The highest BCUT2D eigenvalue weighted by Crippen LogP contribution is 1.96. The molecule has 18 heavy (non-hydrogen) atoms. The van der Waals surface area contributed by atoms with Gasteiger partial charge < -0.3 is 10.4 Å². The molecule has 0 unspecified atom stereocenters. The van der Waals surface area contributed by atoms with Crippen molar-refractivity contribution in [2.75, 3.05) is 0 Å².